The number of Topliss-reactive ketones (excluding diaryl/α,β-unsaturated/α-hetero) is 1. The minimum atomic E-state index is -0.792. The topological polar surface area (TPSA) is 57.5 Å². The molecule has 0 heterocycles. The van der Waals surface area contributed by atoms with E-state index in [1.807, 2.05) is 19.9 Å². The van der Waals surface area contributed by atoms with Gasteiger partial charge in [-0.3, -0.25) is 4.79 Å². The summed E-state index contributed by atoms with van der Waals surface area (Å²) in [5, 5.41) is 20.9. The molecule has 0 spiro atoms. The molecule has 17 heavy (non-hydrogen) atoms. The Kier molecular flexibility index (Phi) is 2.95. The second-order valence-corrected chi connectivity index (χ2v) is 6.13. The molecule has 2 aliphatic rings. The van der Waals surface area contributed by atoms with Gasteiger partial charge < -0.3 is 10.2 Å². The Labute approximate surface area is 103 Å². The van der Waals surface area contributed by atoms with Crippen LogP contribution in [0.25, 0.3) is 0 Å². The second-order valence-electron chi connectivity index (χ2n) is 6.13. The number of ketones is 1. The van der Waals surface area contributed by atoms with Gasteiger partial charge in [0.2, 0.25) is 0 Å². The van der Waals surface area contributed by atoms with Crippen LogP contribution in [-0.2, 0) is 4.79 Å². The highest BCUT2D eigenvalue weighted by atomic mass is 16.3. The zero-order chi connectivity index (χ0) is 12.8. The highest BCUT2D eigenvalue weighted by molar-refractivity contribution is 5.93. The summed E-state index contributed by atoms with van der Waals surface area (Å²) in [5.74, 6) is 0.0254. The van der Waals surface area contributed by atoms with Gasteiger partial charge in [-0.05, 0) is 57.9 Å². The number of fused-ring (bicyclic) bond motifs is 1. The lowest BCUT2D eigenvalue weighted by molar-refractivity contribution is -0.113. The summed E-state index contributed by atoms with van der Waals surface area (Å²) in [6, 6.07) is 0. The van der Waals surface area contributed by atoms with Gasteiger partial charge in [-0.25, -0.2) is 0 Å². The third kappa shape index (κ3) is 2.18. The first kappa shape index (κ1) is 12.8. The number of hydrogen-bond acceptors (Lipinski definition) is 3. The van der Waals surface area contributed by atoms with Crippen LogP contribution in [0.3, 0.4) is 0 Å². The van der Waals surface area contributed by atoms with Crippen molar-refractivity contribution < 1.29 is 15.0 Å². The average molecular weight is 238 g/mol. The summed E-state index contributed by atoms with van der Waals surface area (Å²) in [4.78, 5) is 11.5. The van der Waals surface area contributed by atoms with E-state index in [0.717, 1.165) is 12.0 Å². The summed E-state index contributed by atoms with van der Waals surface area (Å²) in [5.41, 5.74) is -0.807. The van der Waals surface area contributed by atoms with Crippen LogP contribution >= 0.6 is 0 Å². The van der Waals surface area contributed by atoms with E-state index in [2.05, 4.69) is 0 Å². The zero-order valence-corrected chi connectivity index (χ0v) is 10.9. The van der Waals surface area contributed by atoms with E-state index in [4.69, 9.17) is 0 Å². The Morgan fingerprint density at radius 2 is 1.94 bits per heavy atom. The molecule has 1 fully saturated rings. The maximum absolute atomic E-state index is 11.5. The molecular formula is C14H22O3. The molecule has 0 aliphatic heterocycles. The third-order valence-electron chi connectivity index (χ3n) is 4.65. The quantitative estimate of drug-likeness (QED) is 0.732. The van der Waals surface area contributed by atoms with Crippen LogP contribution in [0.2, 0.25) is 0 Å². The molecule has 96 valence electrons. The molecule has 3 nitrogen and oxygen atoms in total. The maximum atomic E-state index is 11.5. The van der Waals surface area contributed by atoms with E-state index in [0.29, 0.717) is 19.3 Å². The fraction of sp³-hybridized carbons (Fsp3) is 0.786. The van der Waals surface area contributed by atoms with Gasteiger partial charge in [-0.1, -0.05) is 6.08 Å². The van der Waals surface area contributed by atoms with Crippen LogP contribution in [-0.4, -0.2) is 27.2 Å². The first-order valence-corrected chi connectivity index (χ1v) is 6.40. The summed E-state index contributed by atoms with van der Waals surface area (Å²) in [6.07, 6.45) is 4.66. The first-order chi connectivity index (χ1) is 7.74. The lowest BCUT2D eigenvalue weighted by Crippen LogP contribution is -2.40. The van der Waals surface area contributed by atoms with Crippen LogP contribution in [0.1, 0.15) is 46.5 Å². The van der Waals surface area contributed by atoms with Crippen molar-refractivity contribution in [1.29, 1.82) is 0 Å². The number of carbonyl (C=O) groups excluding carboxylic acids is 1. The van der Waals surface area contributed by atoms with Gasteiger partial charge in [-0.2, -0.15) is 0 Å². The molecule has 0 aromatic carbocycles. The van der Waals surface area contributed by atoms with Crippen molar-refractivity contribution in [3.05, 3.63) is 11.6 Å². The van der Waals surface area contributed by atoms with Crippen LogP contribution in [0.5, 0.6) is 0 Å². The summed E-state index contributed by atoms with van der Waals surface area (Å²) >= 11 is 0. The Bertz CT molecular complexity index is 366. The lowest BCUT2D eigenvalue weighted by Gasteiger charge is -2.34. The number of hydrogen-bond donors (Lipinski definition) is 2. The fourth-order valence-corrected chi connectivity index (χ4v) is 3.39. The first-order valence-electron chi connectivity index (χ1n) is 6.40. The molecule has 0 aromatic heterocycles. The average Bonchev–Trinajstić information content (AvgIpc) is 2.39. The largest absolute Gasteiger partial charge is 0.390 e. The molecule has 0 saturated heterocycles. The lowest BCUT2D eigenvalue weighted by atomic mass is 9.77. The van der Waals surface area contributed by atoms with Gasteiger partial charge in [0, 0.05) is 5.92 Å². The normalized spacial score (nSPS) is 46.1. The van der Waals surface area contributed by atoms with E-state index in [1.54, 1.807) is 6.92 Å². The molecular weight excluding hydrogens is 216 g/mol. The summed E-state index contributed by atoms with van der Waals surface area (Å²) in [7, 11) is 0. The van der Waals surface area contributed by atoms with Crippen molar-refractivity contribution in [3.8, 4) is 0 Å². The number of rotatable bonds is 1. The Hall–Kier alpha value is -0.670. The molecule has 2 aliphatic carbocycles. The van der Waals surface area contributed by atoms with Gasteiger partial charge in [0.05, 0.1) is 11.2 Å². The minimum Gasteiger partial charge on any atom is -0.390 e. The number of allylic oxidation sites excluding steroid dienone is 1. The molecule has 0 amide bonds. The van der Waals surface area contributed by atoms with Crippen LogP contribution in [0.15, 0.2) is 11.6 Å². The molecule has 2 rings (SSSR count). The predicted molar refractivity (Wildman–Crippen MR) is 65.5 cm³/mol. The fourth-order valence-electron chi connectivity index (χ4n) is 3.39. The SMILES string of the molecule is CC(=O)C1=C[C@@H]2[C@H](CC[C@@]2(C)O)[C@@](C)(O)CC1. The summed E-state index contributed by atoms with van der Waals surface area (Å²) < 4.78 is 0. The monoisotopic (exact) mass is 238 g/mol. The summed E-state index contributed by atoms with van der Waals surface area (Å²) in [6.45, 7) is 5.21. The molecule has 1 saturated carbocycles. The van der Waals surface area contributed by atoms with E-state index in [1.165, 1.54) is 0 Å². The predicted octanol–water partition coefficient (Wildman–Crippen LogP) is 1.82. The maximum Gasteiger partial charge on any atom is 0.155 e. The van der Waals surface area contributed by atoms with Gasteiger partial charge in [0.25, 0.3) is 0 Å². The molecule has 0 unspecified atom stereocenters. The van der Waals surface area contributed by atoms with Crippen LogP contribution in [0, 0.1) is 11.8 Å². The number of carbonyl (C=O) groups is 1. The van der Waals surface area contributed by atoms with Crippen LogP contribution in [0.4, 0.5) is 0 Å². The van der Waals surface area contributed by atoms with E-state index in [-0.39, 0.29) is 17.6 Å². The van der Waals surface area contributed by atoms with Crippen molar-refractivity contribution in [1.82, 2.24) is 0 Å². The molecule has 2 N–H and O–H groups in total. The molecule has 0 bridgehead atoms. The minimum absolute atomic E-state index is 0.0594. The van der Waals surface area contributed by atoms with E-state index < -0.39 is 11.2 Å². The highest BCUT2D eigenvalue weighted by Gasteiger charge is 2.50. The standard InChI is InChI=1S/C14H22O3/c1-9(15)10-4-6-13(2,16)11-5-7-14(3,17)12(11)8-10/h8,11-12,16-17H,4-7H2,1-3H3/t11-,12+,13-,14+/m0/s1. The van der Waals surface area contributed by atoms with Gasteiger partial charge in [0.1, 0.15) is 0 Å². The van der Waals surface area contributed by atoms with Gasteiger partial charge in [0.15, 0.2) is 5.78 Å². The van der Waals surface area contributed by atoms with Crippen LogP contribution < -0.4 is 0 Å². The molecule has 0 radical (unpaired) electrons. The van der Waals surface area contributed by atoms with Gasteiger partial charge in [-0.15, -0.1) is 0 Å². The Balaban J connectivity index is 2.40. The van der Waals surface area contributed by atoms with E-state index >= 15 is 0 Å². The van der Waals surface area contributed by atoms with Crippen molar-refractivity contribution in [2.45, 2.75) is 57.7 Å². The number of aliphatic hydroxyl groups is 2. The molecule has 4 atom stereocenters. The van der Waals surface area contributed by atoms with Gasteiger partial charge >= 0.3 is 0 Å². The highest BCUT2D eigenvalue weighted by Crippen LogP contribution is 2.49. The van der Waals surface area contributed by atoms with Crippen molar-refractivity contribution >= 4 is 5.78 Å². The molecule has 0 aromatic rings. The van der Waals surface area contributed by atoms with Crippen molar-refractivity contribution in [2.75, 3.05) is 0 Å². The van der Waals surface area contributed by atoms with Crippen molar-refractivity contribution in [2.24, 2.45) is 11.8 Å². The van der Waals surface area contributed by atoms with E-state index in [9.17, 15) is 15.0 Å². The molecule has 3 heteroatoms. The Morgan fingerprint density at radius 1 is 1.29 bits per heavy atom. The Morgan fingerprint density at radius 3 is 2.53 bits per heavy atom. The zero-order valence-electron chi connectivity index (χ0n) is 10.9. The van der Waals surface area contributed by atoms with Crippen molar-refractivity contribution in [3.63, 3.8) is 0 Å². The second kappa shape index (κ2) is 3.92. The smallest absolute Gasteiger partial charge is 0.155 e. The third-order valence-corrected chi connectivity index (χ3v) is 4.65.